The normalized spacial score (nSPS) is 12.1. The van der Waals surface area contributed by atoms with Crippen LogP contribution in [0.5, 0.6) is 5.75 Å². The van der Waals surface area contributed by atoms with Gasteiger partial charge in [-0.2, -0.15) is 0 Å². The fourth-order valence-electron chi connectivity index (χ4n) is 3.34. The SMILES string of the molecule is CNC(=O)[C@H](Cc1ccc(OC)cc1)NC(=O)/C(=C/CC(=O)OCc1ccccc1)CC(C)C. The average molecular weight is 467 g/mol. The molecule has 0 unspecified atom stereocenters. The first-order valence-electron chi connectivity index (χ1n) is 11.4. The van der Waals surface area contributed by atoms with Crippen molar-refractivity contribution in [3.8, 4) is 5.75 Å². The molecule has 0 fully saturated rings. The highest BCUT2D eigenvalue weighted by molar-refractivity contribution is 5.97. The van der Waals surface area contributed by atoms with Crippen molar-refractivity contribution in [2.75, 3.05) is 14.2 Å². The molecule has 0 saturated heterocycles. The standard InChI is InChI=1S/C27H34N2O5/c1-19(2)16-22(12-15-25(30)34-18-21-8-6-5-7-9-21)26(31)29-24(27(32)28-3)17-20-10-13-23(33-4)14-11-20/h5-14,19,24H,15-18H2,1-4H3,(H,28,32)(H,29,31)/b22-12+/t24-/m0/s1. The van der Waals surface area contributed by atoms with Crippen LogP contribution in [-0.2, 0) is 32.1 Å². The third-order valence-corrected chi connectivity index (χ3v) is 5.14. The van der Waals surface area contributed by atoms with Gasteiger partial charge in [-0.3, -0.25) is 14.4 Å². The third-order valence-electron chi connectivity index (χ3n) is 5.14. The summed E-state index contributed by atoms with van der Waals surface area (Å²) < 4.78 is 10.5. The van der Waals surface area contributed by atoms with E-state index in [2.05, 4.69) is 10.6 Å². The summed E-state index contributed by atoms with van der Waals surface area (Å²) in [6.07, 6.45) is 2.37. The Balaban J connectivity index is 2.05. The van der Waals surface area contributed by atoms with Crippen LogP contribution in [0.4, 0.5) is 0 Å². The molecule has 7 nitrogen and oxygen atoms in total. The van der Waals surface area contributed by atoms with Crippen molar-refractivity contribution < 1.29 is 23.9 Å². The summed E-state index contributed by atoms with van der Waals surface area (Å²) in [5.41, 5.74) is 2.23. The minimum absolute atomic E-state index is 0.0224. The fourth-order valence-corrected chi connectivity index (χ4v) is 3.34. The number of carbonyl (C=O) groups excluding carboxylic acids is 3. The zero-order valence-electron chi connectivity index (χ0n) is 20.3. The van der Waals surface area contributed by atoms with Crippen molar-refractivity contribution in [3.05, 3.63) is 77.4 Å². The summed E-state index contributed by atoms with van der Waals surface area (Å²) in [5.74, 6) is -0.177. The molecule has 0 bridgehead atoms. The maximum Gasteiger partial charge on any atom is 0.309 e. The van der Waals surface area contributed by atoms with Crippen LogP contribution < -0.4 is 15.4 Å². The van der Waals surface area contributed by atoms with Crippen LogP contribution in [0.25, 0.3) is 0 Å². The molecular formula is C27H34N2O5. The van der Waals surface area contributed by atoms with E-state index in [1.165, 1.54) is 7.05 Å². The predicted octanol–water partition coefficient (Wildman–Crippen LogP) is 3.57. The molecule has 0 radical (unpaired) electrons. The Morgan fingerprint density at radius 1 is 0.971 bits per heavy atom. The zero-order valence-corrected chi connectivity index (χ0v) is 20.3. The largest absolute Gasteiger partial charge is 0.497 e. The number of hydrogen-bond donors (Lipinski definition) is 2. The molecule has 7 heteroatoms. The first-order valence-corrected chi connectivity index (χ1v) is 11.4. The number of nitrogens with one attached hydrogen (secondary N) is 2. The van der Waals surface area contributed by atoms with Crippen LogP contribution >= 0.6 is 0 Å². The van der Waals surface area contributed by atoms with Gasteiger partial charge in [-0.15, -0.1) is 0 Å². The quantitative estimate of drug-likeness (QED) is 0.368. The van der Waals surface area contributed by atoms with Gasteiger partial charge in [-0.05, 0) is 35.6 Å². The minimum atomic E-state index is -0.758. The Hall–Kier alpha value is -3.61. The van der Waals surface area contributed by atoms with Gasteiger partial charge in [0.2, 0.25) is 11.8 Å². The lowest BCUT2D eigenvalue weighted by molar-refractivity contribution is -0.143. The Bertz CT molecular complexity index is 968. The van der Waals surface area contributed by atoms with Gasteiger partial charge in [-0.1, -0.05) is 62.4 Å². The van der Waals surface area contributed by atoms with Crippen molar-refractivity contribution >= 4 is 17.8 Å². The second-order valence-electron chi connectivity index (χ2n) is 8.37. The van der Waals surface area contributed by atoms with E-state index in [0.717, 1.165) is 11.1 Å². The highest BCUT2D eigenvalue weighted by Crippen LogP contribution is 2.15. The number of rotatable bonds is 12. The number of benzene rings is 2. The number of hydrogen-bond acceptors (Lipinski definition) is 5. The number of carbonyl (C=O) groups is 3. The number of esters is 1. The predicted molar refractivity (Wildman–Crippen MR) is 131 cm³/mol. The molecule has 2 amide bonds. The van der Waals surface area contributed by atoms with Crippen molar-refractivity contribution in [2.45, 2.75) is 45.8 Å². The van der Waals surface area contributed by atoms with E-state index < -0.39 is 12.0 Å². The Labute approximate surface area is 201 Å². The summed E-state index contributed by atoms with van der Waals surface area (Å²) >= 11 is 0. The number of methoxy groups -OCH3 is 1. The van der Waals surface area contributed by atoms with E-state index >= 15 is 0 Å². The van der Waals surface area contributed by atoms with Gasteiger partial charge in [0.1, 0.15) is 18.4 Å². The van der Waals surface area contributed by atoms with Crippen LogP contribution in [0.2, 0.25) is 0 Å². The van der Waals surface area contributed by atoms with Crippen molar-refractivity contribution in [1.29, 1.82) is 0 Å². The lowest BCUT2D eigenvalue weighted by Gasteiger charge is -2.19. The summed E-state index contributed by atoms with van der Waals surface area (Å²) in [5, 5.41) is 5.43. The van der Waals surface area contributed by atoms with Gasteiger partial charge >= 0.3 is 5.97 Å². The van der Waals surface area contributed by atoms with Gasteiger partial charge in [0.05, 0.1) is 13.5 Å². The second kappa shape index (κ2) is 13.8. The minimum Gasteiger partial charge on any atom is -0.497 e. The summed E-state index contributed by atoms with van der Waals surface area (Å²) in [4.78, 5) is 37.7. The zero-order chi connectivity index (χ0) is 24.9. The van der Waals surface area contributed by atoms with Gasteiger partial charge < -0.3 is 20.1 Å². The smallest absolute Gasteiger partial charge is 0.309 e. The molecule has 0 aromatic heterocycles. The molecule has 0 heterocycles. The first kappa shape index (κ1) is 26.6. The van der Waals surface area contributed by atoms with Crippen LogP contribution in [0.15, 0.2) is 66.2 Å². The molecule has 0 spiro atoms. The summed E-state index contributed by atoms with van der Waals surface area (Å²) in [7, 11) is 3.12. The third kappa shape index (κ3) is 9.10. The van der Waals surface area contributed by atoms with Gasteiger partial charge in [0, 0.05) is 19.0 Å². The maximum absolute atomic E-state index is 13.1. The molecule has 182 valence electrons. The highest BCUT2D eigenvalue weighted by Gasteiger charge is 2.22. The summed E-state index contributed by atoms with van der Waals surface area (Å²) in [6, 6.07) is 16.0. The molecule has 2 rings (SSSR count). The van der Waals surface area contributed by atoms with Crippen molar-refractivity contribution in [1.82, 2.24) is 10.6 Å². The van der Waals surface area contributed by atoms with Crippen LogP contribution in [0, 0.1) is 5.92 Å². The summed E-state index contributed by atoms with van der Waals surface area (Å²) in [6.45, 7) is 4.16. The Kier molecular flexibility index (Phi) is 10.8. The molecule has 34 heavy (non-hydrogen) atoms. The number of ether oxygens (including phenoxy) is 2. The van der Waals surface area contributed by atoms with Crippen molar-refractivity contribution in [3.63, 3.8) is 0 Å². The molecule has 0 aliphatic heterocycles. The first-order chi connectivity index (χ1) is 16.3. The molecule has 2 aromatic rings. The molecule has 2 aromatic carbocycles. The second-order valence-corrected chi connectivity index (χ2v) is 8.37. The molecule has 1 atom stereocenters. The van der Waals surface area contributed by atoms with Gasteiger partial charge in [0.25, 0.3) is 0 Å². The highest BCUT2D eigenvalue weighted by atomic mass is 16.5. The van der Waals surface area contributed by atoms with Crippen LogP contribution in [0.3, 0.4) is 0 Å². The van der Waals surface area contributed by atoms with Crippen LogP contribution in [-0.4, -0.2) is 38.0 Å². The van der Waals surface area contributed by atoms with Gasteiger partial charge in [0.15, 0.2) is 0 Å². The van der Waals surface area contributed by atoms with E-state index in [1.807, 2.05) is 68.4 Å². The Morgan fingerprint density at radius 3 is 2.24 bits per heavy atom. The molecule has 0 saturated carbocycles. The van der Waals surface area contributed by atoms with E-state index in [0.29, 0.717) is 24.2 Å². The molecule has 0 aliphatic rings. The lowest BCUT2D eigenvalue weighted by atomic mass is 9.99. The van der Waals surface area contributed by atoms with E-state index in [1.54, 1.807) is 13.2 Å². The molecule has 2 N–H and O–H groups in total. The molecule has 0 aliphatic carbocycles. The molecular weight excluding hydrogens is 432 g/mol. The van der Waals surface area contributed by atoms with E-state index in [9.17, 15) is 14.4 Å². The fraction of sp³-hybridized carbons (Fsp3) is 0.370. The number of amides is 2. The van der Waals surface area contributed by atoms with E-state index in [-0.39, 0.29) is 30.8 Å². The number of likely N-dealkylation sites (N-methyl/N-ethyl adjacent to an activating group) is 1. The van der Waals surface area contributed by atoms with Crippen LogP contribution in [0.1, 0.15) is 37.8 Å². The average Bonchev–Trinajstić information content (AvgIpc) is 2.85. The topological polar surface area (TPSA) is 93.7 Å². The van der Waals surface area contributed by atoms with Crippen molar-refractivity contribution in [2.24, 2.45) is 5.92 Å². The monoisotopic (exact) mass is 466 g/mol. The lowest BCUT2D eigenvalue weighted by Crippen LogP contribution is -2.47. The van der Waals surface area contributed by atoms with Gasteiger partial charge in [-0.25, -0.2) is 0 Å². The van der Waals surface area contributed by atoms with E-state index in [4.69, 9.17) is 9.47 Å². The Morgan fingerprint density at radius 2 is 1.65 bits per heavy atom. The maximum atomic E-state index is 13.1.